The number of nitrogens with zero attached hydrogens (tertiary/aromatic N) is 3. The van der Waals surface area contributed by atoms with Crippen LogP contribution in [0, 0.1) is 0 Å². The minimum Gasteiger partial charge on any atom is -0.480 e. The standard InChI is InChI=1S/C28H51N5O6.C5H11NO/c1-2-3-18-25(28(36)37)29-27(35)23-39-22-21-38-20-15-17-24(34)16-13-11-9-7-5-4-6-8-10-12-14-19-26-30-32-33-31-26;1-3-5(7)6-4-2/h25H,2-23H2,1H3,(H,29,35)(H,36,37)(H,30,31,32,33);3-4H2,1-2H3,(H,6,7). The highest BCUT2D eigenvalue weighted by atomic mass is 16.5. The number of carbonyl (C=O) groups is 4. The number of ether oxygens (including phenoxy) is 2. The average molecular weight is 655 g/mol. The minimum absolute atomic E-state index is 0.127. The van der Waals surface area contributed by atoms with Gasteiger partial charge in [-0.15, -0.1) is 10.2 Å². The number of ketones is 1. The fraction of sp³-hybridized carbons (Fsp3) is 0.848. The zero-order chi connectivity index (χ0) is 34.1. The van der Waals surface area contributed by atoms with Crippen molar-refractivity contribution < 1.29 is 33.8 Å². The van der Waals surface area contributed by atoms with Crippen LogP contribution < -0.4 is 10.6 Å². The first kappa shape index (κ1) is 43.1. The maximum absolute atomic E-state index is 12.0. The summed E-state index contributed by atoms with van der Waals surface area (Å²) in [6.45, 7) is 7.33. The first-order valence-corrected chi connectivity index (χ1v) is 17.5. The molecular formula is C33H62N6O7. The number of rotatable bonds is 30. The molecule has 1 aromatic rings. The van der Waals surface area contributed by atoms with Crippen molar-refractivity contribution in [2.45, 2.75) is 149 Å². The fourth-order valence-electron chi connectivity index (χ4n) is 4.59. The van der Waals surface area contributed by atoms with Crippen LogP contribution in [0.25, 0.3) is 0 Å². The molecule has 1 unspecified atom stereocenters. The number of aromatic amines is 1. The highest BCUT2D eigenvalue weighted by Gasteiger charge is 2.19. The number of aliphatic carboxylic acids is 1. The lowest BCUT2D eigenvalue weighted by molar-refractivity contribution is -0.142. The third-order valence-corrected chi connectivity index (χ3v) is 7.27. The van der Waals surface area contributed by atoms with E-state index in [1.165, 1.54) is 51.4 Å². The lowest BCUT2D eigenvalue weighted by Gasteiger charge is -2.14. The van der Waals surface area contributed by atoms with Crippen molar-refractivity contribution in [3.63, 3.8) is 0 Å². The zero-order valence-electron chi connectivity index (χ0n) is 28.8. The molecule has 1 rings (SSSR count). The predicted molar refractivity (Wildman–Crippen MR) is 177 cm³/mol. The summed E-state index contributed by atoms with van der Waals surface area (Å²) in [6.07, 6.45) is 18.7. The Hall–Kier alpha value is -2.93. The number of unbranched alkanes of at least 4 members (excludes halogenated alkanes) is 11. The molecule has 0 spiro atoms. The first-order chi connectivity index (χ1) is 22.3. The van der Waals surface area contributed by atoms with Gasteiger partial charge in [0, 0.05) is 38.8 Å². The molecule has 13 nitrogen and oxygen atoms in total. The molecule has 266 valence electrons. The summed E-state index contributed by atoms with van der Waals surface area (Å²) in [5.74, 6) is -0.243. The number of carbonyl (C=O) groups excluding carboxylic acids is 3. The van der Waals surface area contributed by atoms with E-state index in [1.54, 1.807) is 0 Å². The molecule has 4 N–H and O–H groups in total. The van der Waals surface area contributed by atoms with Crippen LogP contribution in [0.1, 0.15) is 142 Å². The van der Waals surface area contributed by atoms with E-state index in [-0.39, 0.29) is 19.1 Å². The van der Waals surface area contributed by atoms with Gasteiger partial charge in [-0.25, -0.2) is 4.79 Å². The number of hydrogen-bond acceptors (Lipinski definition) is 9. The van der Waals surface area contributed by atoms with E-state index in [9.17, 15) is 19.2 Å². The van der Waals surface area contributed by atoms with Crippen molar-refractivity contribution >= 4 is 23.6 Å². The summed E-state index contributed by atoms with van der Waals surface area (Å²) in [5, 5.41) is 28.2. The Bertz CT molecular complexity index is 886. The van der Waals surface area contributed by atoms with Crippen LogP contribution in [0.15, 0.2) is 0 Å². The molecule has 0 saturated carbocycles. The van der Waals surface area contributed by atoms with Gasteiger partial charge in [0.15, 0.2) is 5.82 Å². The second-order valence-corrected chi connectivity index (χ2v) is 11.4. The number of nitrogens with one attached hydrogen (secondary N) is 3. The van der Waals surface area contributed by atoms with Gasteiger partial charge in [-0.05, 0) is 32.6 Å². The van der Waals surface area contributed by atoms with Crippen LogP contribution in [-0.2, 0) is 35.1 Å². The smallest absolute Gasteiger partial charge is 0.326 e. The summed E-state index contributed by atoms with van der Waals surface area (Å²) in [6, 6.07) is -0.874. The van der Waals surface area contributed by atoms with Crippen LogP contribution in [0.4, 0.5) is 0 Å². The summed E-state index contributed by atoms with van der Waals surface area (Å²) in [7, 11) is 0. The molecule has 0 aliphatic carbocycles. The van der Waals surface area contributed by atoms with Crippen molar-refractivity contribution in [3.8, 4) is 0 Å². The Kier molecular flexibility index (Phi) is 30.0. The van der Waals surface area contributed by atoms with Crippen molar-refractivity contribution in [1.29, 1.82) is 0 Å². The van der Waals surface area contributed by atoms with Gasteiger partial charge in [-0.2, -0.15) is 5.21 Å². The summed E-state index contributed by atoms with van der Waals surface area (Å²) < 4.78 is 10.7. The first-order valence-electron chi connectivity index (χ1n) is 17.5. The minimum atomic E-state index is -1.03. The van der Waals surface area contributed by atoms with Crippen LogP contribution in [-0.4, -0.2) is 88.3 Å². The van der Waals surface area contributed by atoms with E-state index in [2.05, 4.69) is 31.3 Å². The summed E-state index contributed by atoms with van der Waals surface area (Å²) in [4.78, 5) is 45.3. The van der Waals surface area contributed by atoms with Gasteiger partial charge in [-0.1, -0.05) is 89.7 Å². The Labute approximate surface area is 276 Å². The highest BCUT2D eigenvalue weighted by molar-refractivity contribution is 5.84. The van der Waals surface area contributed by atoms with Crippen molar-refractivity contribution in [1.82, 2.24) is 31.3 Å². The largest absolute Gasteiger partial charge is 0.480 e. The number of H-pyrrole nitrogens is 1. The Balaban J connectivity index is 0.00000258. The van der Waals surface area contributed by atoms with Gasteiger partial charge in [0.05, 0.1) is 13.2 Å². The SMILES string of the molecule is CCCCC(NC(=O)COCCOCCCC(=O)CCCCCCCCCCCCCc1nn[nH]n1)C(=O)O.CCNC(=O)CC. The summed E-state index contributed by atoms with van der Waals surface area (Å²) >= 11 is 0. The monoisotopic (exact) mass is 654 g/mol. The van der Waals surface area contributed by atoms with Gasteiger partial charge in [0.1, 0.15) is 18.4 Å². The Morgan fingerprint density at radius 2 is 1.37 bits per heavy atom. The number of carboxylic acids is 1. The number of aromatic nitrogens is 4. The molecule has 1 atom stereocenters. The topological polar surface area (TPSA) is 185 Å². The second kappa shape index (κ2) is 32.0. The molecule has 0 bridgehead atoms. The van der Waals surface area contributed by atoms with E-state index in [4.69, 9.17) is 14.6 Å². The van der Waals surface area contributed by atoms with Gasteiger partial charge in [-0.3, -0.25) is 14.4 Å². The van der Waals surface area contributed by atoms with E-state index in [1.807, 2.05) is 20.8 Å². The molecule has 13 heteroatoms. The molecule has 0 aliphatic heterocycles. The maximum Gasteiger partial charge on any atom is 0.326 e. The molecular weight excluding hydrogens is 592 g/mol. The average Bonchev–Trinajstić information content (AvgIpc) is 3.56. The number of hydrogen-bond donors (Lipinski definition) is 4. The zero-order valence-corrected chi connectivity index (χ0v) is 28.8. The molecule has 2 amide bonds. The highest BCUT2D eigenvalue weighted by Crippen LogP contribution is 2.13. The van der Waals surface area contributed by atoms with Gasteiger partial charge < -0.3 is 25.2 Å². The molecule has 0 saturated heterocycles. The van der Waals surface area contributed by atoms with E-state index in [0.29, 0.717) is 51.1 Å². The third kappa shape index (κ3) is 28.5. The number of aryl methyl sites for hydroxylation is 1. The molecule has 0 aliphatic rings. The normalized spacial score (nSPS) is 11.4. The van der Waals surface area contributed by atoms with Crippen LogP contribution >= 0.6 is 0 Å². The van der Waals surface area contributed by atoms with Crippen molar-refractivity contribution in [2.75, 3.05) is 33.0 Å². The quantitative estimate of drug-likeness (QED) is 0.0814. The van der Waals surface area contributed by atoms with Gasteiger partial charge in [0.2, 0.25) is 11.8 Å². The van der Waals surface area contributed by atoms with E-state index in [0.717, 1.165) is 50.9 Å². The Morgan fingerprint density at radius 1 is 0.761 bits per heavy atom. The lowest BCUT2D eigenvalue weighted by Crippen LogP contribution is -2.42. The fourth-order valence-corrected chi connectivity index (χ4v) is 4.59. The van der Waals surface area contributed by atoms with Gasteiger partial charge in [0.25, 0.3) is 0 Å². The molecule has 0 fully saturated rings. The number of carboxylic acid groups (broad SMARTS) is 1. The van der Waals surface area contributed by atoms with Crippen LogP contribution in [0.5, 0.6) is 0 Å². The van der Waals surface area contributed by atoms with Crippen LogP contribution in [0.2, 0.25) is 0 Å². The second-order valence-electron chi connectivity index (χ2n) is 11.4. The van der Waals surface area contributed by atoms with Crippen LogP contribution in [0.3, 0.4) is 0 Å². The number of amides is 2. The van der Waals surface area contributed by atoms with E-state index < -0.39 is 17.9 Å². The van der Waals surface area contributed by atoms with Crippen molar-refractivity contribution in [2.24, 2.45) is 0 Å². The third-order valence-electron chi connectivity index (χ3n) is 7.27. The number of tetrazole rings is 1. The van der Waals surface area contributed by atoms with Crippen molar-refractivity contribution in [3.05, 3.63) is 5.82 Å². The van der Waals surface area contributed by atoms with Gasteiger partial charge >= 0.3 is 5.97 Å². The Morgan fingerprint density at radius 3 is 1.91 bits per heavy atom. The van der Waals surface area contributed by atoms with E-state index >= 15 is 0 Å². The number of Topliss-reactive ketones (excluding diaryl/α,β-unsaturated/α-hetero) is 1. The maximum atomic E-state index is 12.0. The molecule has 0 aromatic carbocycles. The lowest BCUT2D eigenvalue weighted by atomic mass is 10.0. The molecule has 0 radical (unpaired) electrons. The molecule has 1 aromatic heterocycles. The molecule has 46 heavy (non-hydrogen) atoms. The molecule has 1 heterocycles. The summed E-state index contributed by atoms with van der Waals surface area (Å²) in [5.41, 5.74) is 0. The predicted octanol–water partition coefficient (Wildman–Crippen LogP) is 5.10.